The first-order valence-electron chi connectivity index (χ1n) is 9.52. The summed E-state index contributed by atoms with van der Waals surface area (Å²) in [5.41, 5.74) is 7.12. The van der Waals surface area contributed by atoms with Crippen molar-refractivity contribution in [3.05, 3.63) is 94.6 Å². The van der Waals surface area contributed by atoms with Crippen LogP contribution in [0.4, 0.5) is 10.2 Å². The van der Waals surface area contributed by atoms with Crippen molar-refractivity contribution in [3.63, 3.8) is 0 Å². The molecule has 0 aliphatic rings. The fourth-order valence-electron chi connectivity index (χ4n) is 3.68. The first kappa shape index (κ1) is 18.2. The summed E-state index contributed by atoms with van der Waals surface area (Å²) in [6.07, 6.45) is 1.86. The lowest BCUT2D eigenvalue weighted by Crippen LogP contribution is -2.07. The number of fused-ring (bicyclic) bond motifs is 1. The van der Waals surface area contributed by atoms with Crippen LogP contribution in [0.1, 0.15) is 27.9 Å². The Balaban J connectivity index is 1.74. The molecule has 4 heteroatoms. The molecule has 0 aliphatic carbocycles. The Morgan fingerprint density at radius 3 is 2.46 bits per heavy atom. The highest BCUT2D eigenvalue weighted by atomic mass is 19.1. The Kier molecular flexibility index (Phi) is 4.86. The maximum atomic E-state index is 13.3. The monoisotopic (exact) mass is 373 g/mol. The van der Waals surface area contributed by atoms with E-state index >= 15 is 0 Å². The smallest absolute Gasteiger partial charge is 0.150 e. The Hall–Kier alpha value is -3.14. The van der Waals surface area contributed by atoms with E-state index in [9.17, 15) is 4.39 Å². The number of nitrogens with one attached hydrogen (secondary N) is 1. The van der Waals surface area contributed by atoms with Gasteiger partial charge in [-0.2, -0.15) is 0 Å². The van der Waals surface area contributed by atoms with Crippen LogP contribution in [0.25, 0.3) is 10.9 Å². The van der Waals surface area contributed by atoms with E-state index in [1.807, 2.05) is 18.3 Å². The number of aromatic nitrogens is 2. The van der Waals surface area contributed by atoms with Gasteiger partial charge in [0.25, 0.3) is 0 Å². The standard InChI is InChI=1S/C24H24FN3/c1-16-6-4-5-7-20(16)14-27-24-23-22(12-13-26-24)17(2)18(3)28(23)15-19-8-10-21(25)11-9-19/h4-13H,14-15H2,1-3H3,(H,26,27). The molecule has 0 bridgehead atoms. The first-order chi connectivity index (χ1) is 13.5. The van der Waals surface area contributed by atoms with Gasteiger partial charge >= 0.3 is 0 Å². The molecule has 0 aliphatic heterocycles. The van der Waals surface area contributed by atoms with Crippen LogP contribution < -0.4 is 5.32 Å². The first-order valence-corrected chi connectivity index (χ1v) is 9.52. The Bertz CT molecular complexity index is 1130. The van der Waals surface area contributed by atoms with Crippen LogP contribution in [-0.2, 0) is 13.1 Å². The minimum Gasteiger partial charge on any atom is -0.364 e. The van der Waals surface area contributed by atoms with Crippen LogP contribution in [-0.4, -0.2) is 9.55 Å². The molecule has 1 N–H and O–H groups in total. The van der Waals surface area contributed by atoms with Crippen LogP contribution in [0.15, 0.2) is 60.8 Å². The third-order valence-electron chi connectivity index (χ3n) is 5.51. The van der Waals surface area contributed by atoms with Gasteiger partial charge in [-0.05, 0) is 61.2 Å². The number of anilines is 1. The van der Waals surface area contributed by atoms with Crippen LogP contribution >= 0.6 is 0 Å². The molecule has 2 heterocycles. The topological polar surface area (TPSA) is 29.9 Å². The van der Waals surface area contributed by atoms with Crippen LogP contribution in [0.3, 0.4) is 0 Å². The lowest BCUT2D eigenvalue weighted by Gasteiger charge is -2.13. The van der Waals surface area contributed by atoms with Crippen molar-refractivity contribution in [1.29, 1.82) is 0 Å². The molecule has 4 rings (SSSR count). The Morgan fingerprint density at radius 2 is 1.71 bits per heavy atom. The molecule has 3 nitrogen and oxygen atoms in total. The zero-order valence-electron chi connectivity index (χ0n) is 16.5. The quantitative estimate of drug-likeness (QED) is 0.482. The highest BCUT2D eigenvalue weighted by Gasteiger charge is 2.15. The number of hydrogen-bond donors (Lipinski definition) is 1. The van der Waals surface area contributed by atoms with E-state index in [1.165, 1.54) is 39.9 Å². The van der Waals surface area contributed by atoms with Gasteiger partial charge in [0.05, 0.1) is 5.52 Å². The third-order valence-corrected chi connectivity index (χ3v) is 5.51. The zero-order valence-corrected chi connectivity index (χ0v) is 16.5. The van der Waals surface area contributed by atoms with Crippen molar-refractivity contribution in [2.45, 2.75) is 33.9 Å². The molecule has 0 unspecified atom stereocenters. The van der Waals surface area contributed by atoms with E-state index in [0.717, 1.165) is 23.4 Å². The van der Waals surface area contributed by atoms with Crippen LogP contribution in [0, 0.1) is 26.6 Å². The normalized spacial score (nSPS) is 11.1. The maximum absolute atomic E-state index is 13.3. The summed E-state index contributed by atoms with van der Waals surface area (Å²) in [4.78, 5) is 4.63. The zero-order chi connectivity index (χ0) is 19.7. The van der Waals surface area contributed by atoms with Gasteiger partial charge in [-0.25, -0.2) is 9.37 Å². The average Bonchev–Trinajstić information content (AvgIpc) is 2.94. The fraction of sp³-hybridized carbons (Fsp3) is 0.208. The number of rotatable bonds is 5. The summed E-state index contributed by atoms with van der Waals surface area (Å²) in [6, 6.07) is 17.1. The summed E-state index contributed by atoms with van der Waals surface area (Å²) in [5.74, 6) is 0.662. The van der Waals surface area contributed by atoms with E-state index in [4.69, 9.17) is 0 Å². The molecule has 0 atom stereocenters. The van der Waals surface area contributed by atoms with Crippen molar-refractivity contribution in [3.8, 4) is 0 Å². The molecule has 142 valence electrons. The van der Waals surface area contributed by atoms with Crippen LogP contribution in [0.2, 0.25) is 0 Å². The molecule has 2 aromatic heterocycles. The summed E-state index contributed by atoms with van der Waals surface area (Å²) < 4.78 is 15.6. The average molecular weight is 373 g/mol. The predicted molar refractivity (Wildman–Crippen MR) is 113 cm³/mol. The molecule has 0 amide bonds. The van der Waals surface area contributed by atoms with E-state index in [-0.39, 0.29) is 5.82 Å². The number of benzene rings is 2. The molecular formula is C24H24FN3. The van der Waals surface area contributed by atoms with Gasteiger partial charge in [-0.3, -0.25) is 0 Å². The number of aryl methyl sites for hydroxylation is 2. The second-order valence-electron chi connectivity index (χ2n) is 7.26. The molecule has 4 aromatic rings. The Labute approximate surface area is 164 Å². The fourth-order valence-corrected chi connectivity index (χ4v) is 3.68. The summed E-state index contributed by atoms with van der Waals surface area (Å²) in [7, 11) is 0. The lowest BCUT2D eigenvalue weighted by atomic mass is 10.1. The van der Waals surface area contributed by atoms with Gasteiger partial charge in [0, 0.05) is 30.4 Å². The predicted octanol–water partition coefficient (Wildman–Crippen LogP) is 5.76. The van der Waals surface area contributed by atoms with Gasteiger partial charge in [-0.1, -0.05) is 36.4 Å². The second kappa shape index (κ2) is 7.47. The molecule has 28 heavy (non-hydrogen) atoms. The largest absolute Gasteiger partial charge is 0.364 e. The van der Waals surface area contributed by atoms with Gasteiger partial charge in [0.2, 0.25) is 0 Å². The molecule has 2 aromatic carbocycles. The number of pyridine rings is 1. The van der Waals surface area contributed by atoms with Crippen molar-refractivity contribution >= 4 is 16.7 Å². The van der Waals surface area contributed by atoms with Crippen molar-refractivity contribution in [1.82, 2.24) is 9.55 Å². The van der Waals surface area contributed by atoms with E-state index in [0.29, 0.717) is 6.54 Å². The minimum absolute atomic E-state index is 0.212. The van der Waals surface area contributed by atoms with Gasteiger partial charge in [-0.15, -0.1) is 0 Å². The van der Waals surface area contributed by atoms with Crippen molar-refractivity contribution in [2.75, 3.05) is 5.32 Å². The molecule has 0 spiro atoms. The summed E-state index contributed by atoms with van der Waals surface area (Å²) in [5, 5.41) is 4.72. The number of nitrogens with zero attached hydrogens (tertiary/aromatic N) is 2. The van der Waals surface area contributed by atoms with Crippen molar-refractivity contribution < 1.29 is 4.39 Å². The van der Waals surface area contributed by atoms with Crippen LogP contribution in [0.5, 0.6) is 0 Å². The minimum atomic E-state index is -0.212. The SMILES string of the molecule is Cc1ccccc1CNc1nccc2c(C)c(C)n(Cc3ccc(F)cc3)c12. The van der Waals surface area contributed by atoms with Gasteiger partial charge in [0.15, 0.2) is 5.82 Å². The summed E-state index contributed by atoms with van der Waals surface area (Å²) >= 11 is 0. The maximum Gasteiger partial charge on any atom is 0.150 e. The van der Waals surface area contributed by atoms with Gasteiger partial charge < -0.3 is 9.88 Å². The number of halogens is 1. The second-order valence-corrected chi connectivity index (χ2v) is 7.26. The molecule has 0 fully saturated rings. The van der Waals surface area contributed by atoms with Gasteiger partial charge in [0.1, 0.15) is 5.82 Å². The highest BCUT2D eigenvalue weighted by molar-refractivity contribution is 5.93. The number of hydrogen-bond acceptors (Lipinski definition) is 2. The third kappa shape index (κ3) is 3.38. The molecular weight excluding hydrogens is 349 g/mol. The molecule has 0 radical (unpaired) electrons. The highest BCUT2D eigenvalue weighted by Crippen LogP contribution is 2.30. The van der Waals surface area contributed by atoms with E-state index < -0.39 is 0 Å². The van der Waals surface area contributed by atoms with E-state index in [2.05, 4.69) is 66.0 Å². The Morgan fingerprint density at radius 1 is 0.964 bits per heavy atom. The molecule has 0 saturated heterocycles. The summed E-state index contributed by atoms with van der Waals surface area (Å²) in [6.45, 7) is 7.80. The van der Waals surface area contributed by atoms with E-state index in [1.54, 1.807) is 0 Å². The lowest BCUT2D eigenvalue weighted by molar-refractivity contribution is 0.626. The van der Waals surface area contributed by atoms with Crippen molar-refractivity contribution in [2.24, 2.45) is 0 Å². The molecule has 0 saturated carbocycles.